The van der Waals surface area contributed by atoms with Gasteiger partial charge in [-0.3, -0.25) is 9.79 Å². The van der Waals surface area contributed by atoms with Crippen molar-refractivity contribution in [2.24, 2.45) is 16.6 Å². The molecule has 2 aromatic rings. The second-order valence-electron chi connectivity index (χ2n) is 6.91. The fourth-order valence-corrected chi connectivity index (χ4v) is 2.94. The van der Waals surface area contributed by atoms with E-state index in [2.05, 4.69) is 29.4 Å². The molecule has 0 aliphatic heterocycles. The van der Waals surface area contributed by atoms with E-state index in [1.165, 1.54) is 23.3 Å². The second kappa shape index (κ2) is 10.4. The molecule has 0 radical (unpaired) electrons. The van der Waals surface area contributed by atoms with Crippen molar-refractivity contribution in [2.75, 3.05) is 20.1 Å². The lowest BCUT2D eigenvalue weighted by molar-refractivity contribution is -0.121. The minimum absolute atomic E-state index is 0.271. The number of aliphatic imine (C=N–C) groups is 1. The summed E-state index contributed by atoms with van der Waals surface area (Å²) in [6, 6.07) is 14.3. The van der Waals surface area contributed by atoms with Gasteiger partial charge in [0, 0.05) is 20.1 Å². The Hall–Kier alpha value is -2.89. The van der Waals surface area contributed by atoms with Crippen molar-refractivity contribution in [3.8, 4) is 0 Å². The molecule has 0 aliphatic carbocycles. The molecule has 0 heterocycles. The van der Waals surface area contributed by atoms with Crippen LogP contribution < -0.4 is 11.1 Å². The SMILES string of the molecule is CCNC(=NCC(Cc1ccc(F)cc1)C(N)=O)N(C)Cc1ccccc1C. The molecule has 1 amide bonds. The van der Waals surface area contributed by atoms with Crippen LogP contribution in [-0.2, 0) is 17.8 Å². The maximum atomic E-state index is 13.1. The molecule has 28 heavy (non-hydrogen) atoms. The first-order chi connectivity index (χ1) is 13.4. The van der Waals surface area contributed by atoms with Crippen LogP contribution in [0.3, 0.4) is 0 Å². The quantitative estimate of drug-likeness (QED) is 0.543. The molecule has 1 atom stereocenters. The second-order valence-corrected chi connectivity index (χ2v) is 6.91. The Labute approximate surface area is 166 Å². The molecule has 0 fully saturated rings. The third kappa shape index (κ3) is 6.37. The number of carbonyl (C=O) groups excluding carboxylic acids is 1. The van der Waals surface area contributed by atoms with Crippen LogP contribution in [0, 0.1) is 18.7 Å². The summed E-state index contributed by atoms with van der Waals surface area (Å²) in [5, 5.41) is 3.26. The van der Waals surface area contributed by atoms with Gasteiger partial charge in [-0.25, -0.2) is 4.39 Å². The number of guanidine groups is 1. The van der Waals surface area contributed by atoms with Gasteiger partial charge in [-0.1, -0.05) is 36.4 Å². The molecule has 0 saturated carbocycles. The Morgan fingerprint density at radius 2 is 1.89 bits per heavy atom. The van der Waals surface area contributed by atoms with Crippen LogP contribution >= 0.6 is 0 Å². The number of amides is 1. The van der Waals surface area contributed by atoms with E-state index in [0.717, 1.165) is 18.1 Å². The highest BCUT2D eigenvalue weighted by Gasteiger charge is 2.17. The first-order valence-corrected chi connectivity index (χ1v) is 9.48. The van der Waals surface area contributed by atoms with E-state index in [-0.39, 0.29) is 12.4 Å². The zero-order chi connectivity index (χ0) is 20.5. The number of nitrogens with zero attached hydrogens (tertiary/aromatic N) is 2. The lowest BCUT2D eigenvalue weighted by atomic mass is 9.99. The van der Waals surface area contributed by atoms with Gasteiger partial charge in [-0.2, -0.15) is 0 Å². The van der Waals surface area contributed by atoms with Crippen molar-refractivity contribution in [3.63, 3.8) is 0 Å². The molecule has 6 heteroatoms. The summed E-state index contributed by atoms with van der Waals surface area (Å²) in [7, 11) is 1.97. The highest BCUT2D eigenvalue weighted by molar-refractivity contribution is 5.81. The number of nitrogens with one attached hydrogen (secondary N) is 1. The molecular formula is C22H29FN4O. The fraction of sp³-hybridized carbons (Fsp3) is 0.364. The summed E-state index contributed by atoms with van der Waals surface area (Å²) in [4.78, 5) is 18.6. The molecule has 0 aromatic heterocycles. The van der Waals surface area contributed by atoms with E-state index in [4.69, 9.17) is 5.73 Å². The molecule has 0 spiro atoms. The summed E-state index contributed by atoms with van der Waals surface area (Å²) in [5.74, 6) is -0.447. The molecule has 0 aliphatic rings. The van der Waals surface area contributed by atoms with Crippen molar-refractivity contribution < 1.29 is 9.18 Å². The molecule has 3 N–H and O–H groups in total. The number of nitrogens with two attached hydrogens (primary N) is 1. The van der Waals surface area contributed by atoms with Gasteiger partial charge in [-0.05, 0) is 49.1 Å². The minimum atomic E-state index is -0.453. The zero-order valence-electron chi connectivity index (χ0n) is 16.8. The van der Waals surface area contributed by atoms with Crippen LogP contribution in [0.4, 0.5) is 4.39 Å². The van der Waals surface area contributed by atoms with Gasteiger partial charge in [0.15, 0.2) is 5.96 Å². The molecule has 0 saturated heterocycles. The number of aryl methyl sites for hydroxylation is 1. The summed E-state index contributed by atoms with van der Waals surface area (Å²) in [5.41, 5.74) is 8.87. The van der Waals surface area contributed by atoms with Crippen LogP contribution in [0.1, 0.15) is 23.6 Å². The predicted octanol–water partition coefficient (Wildman–Crippen LogP) is 2.88. The Kier molecular flexibility index (Phi) is 7.99. The van der Waals surface area contributed by atoms with Gasteiger partial charge in [0.2, 0.25) is 5.91 Å². The predicted molar refractivity (Wildman–Crippen MR) is 111 cm³/mol. The third-order valence-corrected chi connectivity index (χ3v) is 4.62. The number of halogens is 1. The first-order valence-electron chi connectivity index (χ1n) is 9.48. The standard InChI is InChI=1S/C22H29FN4O/c1-4-25-22(27(3)15-18-8-6-5-7-16(18)2)26-14-19(21(24)28)13-17-9-11-20(23)12-10-17/h5-12,19H,4,13-15H2,1-3H3,(H2,24,28)(H,25,26). The molecule has 2 rings (SSSR count). The largest absolute Gasteiger partial charge is 0.369 e. The highest BCUT2D eigenvalue weighted by Crippen LogP contribution is 2.12. The molecule has 0 bridgehead atoms. The lowest BCUT2D eigenvalue weighted by Gasteiger charge is -2.23. The van der Waals surface area contributed by atoms with Crippen molar-refractivity contribution >= 4 is 11.9 Å². The number of rotatable bonds is 8. The van der Waals surface area contributed by atoms with Gasteiger partial charge < -0.3 is 16.0 Å². The van der Waals surface area contributed by atoms with E-state index in [9.17, 15) is 9.18 Å². The van der Waals surface area contributed by atoms with E-state index >= 15 is 0 Å². The van der Waals surface area contributed by atoms with Crippen molar-refractivity contribution in [1.82, 2.24) is 10.2 Å². The Bertz CT molecular complexity index is 804. The Morgan fingerprint density at radius 3 is 2.50 bits per heavy atom. The van der Waals surface area contributed by atoms with E-state index < -0.39 is 11.8 Å². The lowest BCUT2D eigenvalue weighted by Crippen LogP contribution is -2.39. The zero-order valence-corrected chi connectivity index (χ0v) is 16.8. The van der Waals surface area contributed by atoms with Crippen molar-refractivity contribution in [2.45, 2.75) is 26.8 Å². The molecule has 2 aromatic carbocycles. The van der Waals surface area contributed by atoms with Gasteiger partial charge in [0.05, 0.1) is 12.5 Å². The van der Waals surface area contributed by atoms with Gasteiger partial charge in [0.25, 0.3) is 0 Å². The topological polar surface area (TPSA) is 70.7 Å². The number of hydrogen-bond acceptors (Lipinski definition) is 2. The maximum Gasteiger partial charge on any atom is 0.222 e. The molecule has 1 unspecified atom stereocenters. The first kappa shape index (κ1) is 21.4. The van der Waals surface area contributed by atoms with Gasteiger partial charge >= 0.3 is 0 Å². The van der Waals surface area contributed by atoms with Gasteiger partial charge in [-0.15, -0.1) is 0 Å². The Morgan fingerprint density at radius 1 is 1.21 bits per heavy atom. The number of hydrogen-bond donors (Lipinski definition) is 2. The normalized spacial score (nSPS) is 12.5. The van der Waals surface area contributed by atoms with Gasteiger partial charge in [0.1, 0.15) is 5.82 Å². The van der Waals surface area contributed by atoms with Crippen LogP contribution in [-0.4, -0.2) is 36.9 Å². The van der Waals surface area contributed by atoms with E-state index in [1.54, 1.807) is 12.1 Å². The van der Waals surface area contributed by atoms with Crippen LogP contribution in [0.5, 0.6) is 0 Å². The molecule has 150 valence electrons. The monoisotopic (exact) mass is 384 g/mol. The minimum Gasteiger partial charge on any atom is -0.369 e. The summed E-state index contributed by atoms with van der Waals surface area (Å²) in [6.07, 6.45) is 0.431. The fourth-order valence-electron chi connectivity index (χ4n) is 2.94. The Balaban J connectivity index is 2.10. The average molecular weight is 384 g/mol. The molecular weight excluding hydrogens is 355 g/mol. The third-order valence-electron chi connectivity index (χ3n) is 4.62. The summed E-state index contributed by atoms with van der Waals surface area (Å²) < 4.78 is 13.1. The average Bonchev–Trinajstić information content (AvgIpc) is 2.67. The van der Waals surface area contributed by atoms with E-state index in [1.807, 2.05) is 31.0 Å². The number of carbonyl (C=O) groups is 1. The summed E-state index contributed by atoms with van der Waals surface area (Å²) >= 11 is 0. The summed E-state index contributed by atoms with van der Waals surface area (Å²) in [6.45, 7) is 5.78. The number of benzene rings is 2. The van der Waals surface area contributed by atoms with Crippen LogP contribution in [0.2, 0.25) is 0 Å². The van der Waals surface area contributed by atoms with Crippen molar-refractivity contribution in [3.05, 3.63) is 71.0 Å². The van der Waals surface area contributed by atoms with Crippen molar-refractivity contribution in [1.29, 1.82) is 0 Å². The molecule has 5 nitrogen and oxygen atoms in total. The smallest absolute Gasteiger partial charge is 0.222 e. The maximum absolute atomic E-state index is 13.1. The van der Waals surface area contributed by atoms with Crippen LogP contribution in [0.15, 0.2) is 53.5 Å². The number of primary amides is 1. The highest BCUT2D eigenvalue weighted by atomic mass is 19.1. The van der Waals surface area contributed by atoms with Crippen LogP contribution in [0.25, 0.3) is 0 Å². The van der Waals surface area contributed by atoms with E-state index in [0.29, 0.717) is 13.0 Å².